The van der Waals surface area contributed by atoms with Crippen LogP contribution in [0.15, 0.2) is 54.9 Å². The van der Waals surface area contributed by atoms with Gasteiger partial charge in [-0.2, -0.15) is 0 Å². The minimum atomic E-state index is -0.463. The van der Waals surface area contributed by atoms with E-state index in [0.717, 1.165) is 11.1 Å². The summed E-state index contributed by atoms with van der Waals surface area (Å²) < 4.78 is 0. The first-order valence-electron chi connectivity index (χ1n) is 7.24. The summed E-state index contributed by atoms with van der Waals surface area (Å²) in [6, 6.07) is 13.1. The lowest BCUT2D eigenvalue weighted by molar-refractivity contribution is -0.128. The third-order valence-electron chi connectivity index (χ3n) is 3.11. The van der Waals surface area contributed by atoms with Crippen molar-refractivity contribution < 1.29 is 4.79 Å². The van der Waals surface area contributed by atoms with Crippen molar-refractivity contribution in [3.05, 3.63) is 66.0 Å². The molecular formula is C19H20N2O. The Kier molecular flexibility index (Phi) is 4.95. The Morgan fingerprint density at radius 2 is 1.86 bits per heavy atom. The summed E-state index contributed by atoms with van der Waals surface area (Å²) in [4.78, 5) is 16.4. The van der Waals surface area contributed by atoms with Gasteiger partial charge >= 0.3 is 0 Å². The molecular weight excluding hydrogens is 272 g/mol. The van der Waals surface area contributed by atoms with Gasteiger partial charge in [-0.1, -0.05) is 56.9 Å². The third kappa shape index (κ3) is 4.46. The van der Waals surface area contributed by atoms with Crippen molar-refractivity contribution in [3.63, 3.8) is 0 Å². The maximum absolute atomic E-state index is 12.3. The van der Waals surface area contributed by atoms with Crippen LogP contribution in [0, 0.1) is 17.3 Å². The second-order valence-corrected chi connectivity index (χ2v) is 6.08. The highest BCUT2D eigenvalue weighted by Crippen LogP contribution is 2.17. The van der Waals surface area contributed by atoms with Crippen LogP contribution in [0.3, 0.4) is 0 Å². The number of aromatic nitrogens is 1. The standard InChI is InChI=1S/C19H20N2O/c1-19(2,3)18(22)21-17(16-10-7-13-20-14-16)12-11-15-8-5-4-6-9-15/h4-10,13-14,17H,1-3H3,(H,21,22). The first-order valence-corrected chi connectivity index (χ1v) is 7.24. The van der Waals surface area contributed by atoms with E-state index in [-0.39, 0.29) is 11.9 Å². The Bertz CT molecular complexity index is 676. The number of nitrogens with one attached hydrogen (secondary N) is 1. The zero-order chi connectivity index (χ0) is 16.0. The molecule has 2 rings (SSSR count). The molecule has 1 aromatic carbocycles. The van der Waals surface area contributed by atoms with Crippen molar-refractivity contribution in [3.8, 4) is 11.8 Å². The van der Waals surface area contributed by atoms with Gasteiger partial charge in [0.25, 0.3) is 0 Å². The van der Waals surface area contributed by atoms with Gasteiger partial charge in [0.05, 0.1) is 0 Å². The van der Waals surface area contributed by atoms with Gasteiger partial charge in [0.15, 0.2) is 0 Å². The lowest BCUT2D eigenvalue weighted by Gasteiger charge is -2.21. The largest absolute Gasteiger partial charge is 0.338 e. The van der Waals surface area contributed by atoms with Crippen molar-refractivity contribution in [2.45, 2.75) is 26.8 Å². The Labute approximate surface area is 131 Å². The van der Waals surface area contributed by atoms with E-state index in [1.54, 1.807) is 12.4 Å². The number of carbonyl (C=O) groups excluding carboxylic acids is 1. The molecule has 1 heterocycles. The average Bonchev–Trinajstić information content (AvgIpc) is 2.52. The fourth-order valence-corrected chi connectivity index (χ4v) is 1.77. The van der Waals surface area contributed by atoms with Crippen LogP contribution in [0.1, 0.15) is 37.9 Å². The zero-order valence-corrected chi connectivity index (χ0v) is 13.1. The molecule has 1 atom stereocenters. The topological polar surface area (TPSA) is 42.0 Å². The molecule has 1 unspecified atom stereocenters. The van der Waals surface area contributed by atoms with E-state index in [1.807, 2.05) is 63.2 Å². The number of carbonyl (C=O) groups is 1. The van der Waals surface area contributed by atoms with E-state index in [4.69, 9.17) is 0 Å². The molecule has 2 aromatic rings. The lowest BCUT2D eigenvalue weighted by Crippen LogP contribution is -2.37. The molecule has 3 nitrogen and oxygen atoms in total. The monoisotopic (exact) mass is 292 g/mol. The molecule has 1 amide bonds. The van der Waals surface area contributed by atoms with Crippen molar-refractivity contribution in [1.82, 2.24) is 10.3 Å². The van der Waals surface area contributed by atoms with Gasteiger partial charge in [0, 0.05) is 28.9 Å². The van der Waals surface area contributed by atoms with Crippen LogP contribution in [0.5, 0.6) is 0 Å². The summed E-state index contributed by atoms with van der Waals surface area (Å²) in [6.07, 6.45) is 3.43. The van der Waals surface area contributed by atoms with Gasteiger partial charge < -0.3 is 5.32 Å². The third-order valence-corrected chi connectivity index (χ3v) is 3.11. The highest BCUT2D eigenvalue weighted by Gasteiger charge is 2.24. The average molecular weight is 292 g/mol. The molecule has 3 heteroatoms. The van der Waals surface area contributed by atoms with E-state index >= 15 is 0 Å². The van der Waals surface area contributed by atoms with Gasteiger partial charge in [-0.05, 0) is 18.2 Å². The molecule has 0 saturated carbocycles. The summed E-state index contributed by atoms with van der Waals surface area (Å²) in [6.45, 7) is 5.65. The van der Waals surface area contributed by atoms with Gasteiger partial charge in [0.1, 0.15) is 6.04 Å². The van der Waals surface area contributed by atoms with Crippen LogP contribution in [0.4, 0.5) is 0 Å². The van der Waals surface area contributed by atoms with E-state index in [0.29, 0.717) is 0 Å². The molecule has 0 radical (unpaired) electrons. The minimum absolute atomic E-state index is 0.0382. The molecule has 1 aromatic heterocycles. The fourth-order valence-electron chi connectivity index (χ4n) is 1.77. The molecule has 0 aliphatic rings. The molecule has 0 aliphatic carbocycles. The second-order valence-electron chi connectivity index (χ2n) is 6.08. The van der Waals surface area contributed by atoms with Crippen LogP contribution in [0.25, 0.3) is 0 Å². The molecule has 22 heavy (non-hydrogen) atoms. The second kappa shape index (κ2) is 6.91. The maximum Gasteiger partial charge on any atom is 0.226 e. The number of pyridine rings is 1. The number of benzene rings is 1. The van der Waals surface area contributed by atoms with Crippen molar-refractivity contribution in [1.29, 1.82) is 0 Å². The number of rotatable bonds is 2. The van der Waals surface area contributed by atoms with Crippen LogP contribution >= 0.6 is 0 Å². The van der Waals surface area contributed by atoms with Crippen molar-refractivity contribution >= 4 is 5.91 Å². The number of hydrogen-bond acceptors (Lipinski definition) is 2. The fraction of sp³-hybridized carbons (Fsp3) is 0.263. The molecule has 0 fully saturated rings. The smallest absolute Gasteiger partial charge is 0.226 e. The van der Waals surface area contributed by atoms with E-state index in [2.05, 4.69) is 22.1 Å². The van der Waals surface area contributed by atoms with Crippen LogP contribution in [-0.2, 0) is 4.79 Å². The molecule has 0 aliphatic heterocycles. The summed E-state index contributed by atoms with van der Waals surface area (Å²) in [5.41, 5.74) is 1.33. The van der Waals surface area contributed by atoms with E-state index in [9.17, 15) is 4.79 Å². The minimum Gasteiger partial charge on any atom is -0.338 e. The molecule has 0 bridgehead atoms. The Balaban J connectivity index is 2.27. The maximum atomic E-state index is 12.3. The normalized spacial score (nSPS) is 12.0. The SMILES string of the molecule is CC(C)(C)C(=O)NC(C#Cc1ccccc1)c1cccnc1. The summed E-state index contributed by atoms with van der Waals surface area (Å²) in [5.74, 6) is 6.20. The lowest BCUT2D eigenvalue weighted by atomic mass is 9.94. The predicted molar refractivity (Wildman–Crippen MR) is 87.9 cm³/mol. The van der Waals surface area contributed by atoms with Crippen LogP contribution in [-0.4, -0.2) is 10.9 Å². The molecule has 1 N–H and O–H groups in total. The first-order chi connectivity index (χ1) is 10.5. The molecule has 112 valence electrons. The Morgan fingerprint density at radius 3 is 2.45 bits per heavy atom. The first kappa shape index (κ1) is 15.8. The highest BCUT2D eigenvalue weighted by molar-refractivity contribution is 5.82. The van der Waals surface area contributed by atoms with Crippen LogP contribution in [0.2, 0.25) is 0 Å². The Hall–Kier alpha value is -2.60. The van der Waals surface area contributed by atoms with Gasteiger partial charge in [-0.3, -0.25) is 9.78 Å². The highest BCUT2D eigenvalue weighted by atomic mass is 16.2. The van der Waals surface area contributed by atoms with Gasteiger partial charge in [0.2, 0.25) is 5.91 Å². The zero-order valence-electron chi connectivity index (χ0n) is 13.1. The van der Waals surface area contributed by atoms with Crippen molar-refractivity contribution in [2.24, 2.45) is 5.41 Å². The predicted octanol–water partition coefficient (Wildman–Crippen LogP) is 3.34. The van der Waals surface area contributed by atoms with Gasteiger partial charge in [-0.15, -0.1) is 0 Å². The van der Waals surface area contributed by atoms with Crippen LogP contribution < -0.4 is 5.32 Å². The number of nitrogens with zero attached hydrogens (tertiary/aromatic N) is 1. The van der Waals surface area contributed by atoms with Crippen molar-refractivity contribution in [2.75, 3.05) is 0 Å². The van der Waals surface area contributed by atoms with Gasteiger partial charge in [-0.25, -0.2) is 0 Å². The quantitative estimate of drug-likeness (QED) is 0.863. The van der Waals surface area contributed by atoms with E-state index < -0.39 is 5.41 Å². The summed E-state index contributed by atoms with van der Waals surface area (Å²) in [5, 5.41) is 2.99. The summed E-state index contributed by atoms with van der Waals surface area (Å²) >= 11 is 0. The number of amides is 1. The molecule has 0 saturated heterocycles. The number of hydrogen-bond donors (Lipinski definition) is 1. The Morgan fingerprint density at radius 1 is 1.14 bits per heavy atom. The summed E-state index contributed by atoms with van der Waals surface area (Å²) in [7, 11) is 0. The van der Waals surface area contributed by atoms with E-state index in [1.165, 1.54) is 0 Å². The molecule has 0 spiro atoms.